The molecule has 4 rings (SSSR count). The van der Waals surface area contributed by atoms with Gasteiger partial charge in [0.25, 0.3) is 0 Å². The van der Waals surface area contributed by atoms with Crippen LogP contribution in [0.2, 0.25) is 0 Å². The van der Waals surface area contributed by atoms with Crippen LogP contribution < -0.4 is 15.4 Å². The highest BCUT2D eigenvalue weighted by atomic mass is 19.1. The highest BCUT2D eigenvalue weighted by Gasteiger charge is 2.23. The molecule has 0 saturated carbocycles. The minimum Gasteiger partial charge on any atom is -0.439 e. The summed E-state index contributed by atoms with van der Waals surface area (Å²) < 4.78 is 19.2. The zero-order valence-corrected chi connectivity index (χ0v) is 17.8. The van der Waals surface area contributed by atoms with Gasteiger partial charge in [0.1, 0.15) is 11.6 Å². The molecule has 6 nitrogen and oxygen atoms in total. The van der Waals surface area contributed by atoms with Gasteiger partial charge in [0.2, 0.25) is 5.88 Å². The highest BCUT2D eigenvalue weighted by Crippen LogP contribution is 2.25. The average molecular weight is 435 g/mol. The summed E-state index contributed by atoms with van der Waals surface area (Å²) in [6, 6.07) is 19.6. The van der Waals surface area contributed by atoms with Crippen molar-refractivity contribution in [3.05, 3.63) is 89.9 Å². The number of hydrogen-bond donors (Lipinski definition) is 2. The first kappa shape index (κ1) is 21.8. The lowest BCUT2D eigenvalue weighted by atomic mass is 10.1. The Morgan fingerprint density at radius 2 is 1.84 bits per heavy atom. The third-order valence-corrected chi connectivity index (χ3v) is 5.52. The third-order valence-electron chi connectivity index (χ3n) is 5.52. The molecule has 1 fully saturated rings. The molecule has 2 heterocycles. The highest BCUT2D eigenvalue weighted by molar-refractivity contribution is 5.74. The Balaban J connectivity index is 1.34. The number of pyridine rings is 1. The van der Waals surface area contributed by atoms with Crippen molar-refractivity contribution in [2.75, 3.05) is 19.6 Å². The molecule has 2 aromatic carbocycles. The van der Waals surface area contributed by atoms with E-state index in [1.165, 1.54) is 30.5 Å². The number of carbonyl (C=O) groups is 1. The van der Waals surface area contributed by atoms with E-state index in [2.05, 4.69) is 32.7 Å². The molecule has 1 aromatic heterocycles. The molecule has 166 valence electrons. The normalized spacial score (nSPS) is 14.7. The van der Waals surface area contributed by atoms with Gasteiger partial charge in [-0.15, -0.1) is 0 Å². The molecule has 0 aliphatic carbocycles. The van der Waals surface area contributed by atoms with Gasteiger partial charge in [-0.05, 0) is 49.7 Å². The van der Waals surface area contributed by atoms with Gasteiger partial charge < -0.3 is 15.4 Å². The van der Waals surface area contributed by atoms with Crippen LogP contribution in [0.4, 0.5) is 9.18 Å². The van der Waals surface area contributed by atoms with E-state index in [-0.39, 0.29) is 24.4 Å². The van der Waals surface area contributed by atoms with Gasteiger partial charge in [-0.1, -0.05) is 42.5 Å². The molecule has 7 heteroatoms. The second-order valence-corrected chi connectivity index (χ2v) is 7.76. The van der Waals surface area contributed by atoms with E-state index < -0.39 is 0 Å². The molecule has 1 saturated heterocycles. The van der Waals surface area contributed by atoms with E-state index >= 15 is 0 Å². The number of rotatable bonds is 8. The van der Waals surface area contributed by atoms with Crippen molar-refractivity contribution in [1.29, 1.82) is 0 Å². The summed E-state index contributed by atoms with van der Waals surface area (Å²) in [5.41, 5.74) is 1.90. The predicted molar refractivity (Wildman–Crippen MR) is 121 cm³/mol. The summed E-state index contributed by atoms with van der Waals surface area (Å²) in [4.78, 5) is 19.2. The standard InChI is InChI=1S/C25H27FN4O2/c26-21-11-6-12-22(16-21)32-24-20(10-7-13-27-24)17-28-25(31)29-18-23(30-14-4-5-15-30)19-8-2-1-3-9-19/h1-3,6-13,16,23H,4-5,14-15,17-18H2,(H2,28,29,31). The predicted octanol–water partition coefficient (Wildman–Crippen LogP) is 4.65. The maximum atomic E-state index is 13.4. The fourth-order valence-corrected chi connectivity index (χ4v) is 3.91. The SMILES string of the molecule is O=C(NCc1cccnc1Oc1cccc(F)c1)NCC(c1ccccc1)N1CCCC1. The fraction of sp³-hybridized carbons (Fsp3) is 0.280. The number of nitrogens with zero attached hydrogens (tertiary/aromatic N) is 2. The van der Waals surface area contributed by atoms with Crippen molar-refractivity contribution in [2.24, 2.45) is 0 Å². The van der Waals surface area contributed by atoms with Gasteiger partial charge in [0.15, 0.2) is 0 Å². The minimum atomic E-state index is -0.386. The summed E-state index contributed by atoms with van der Waals surface area (Å²) in [6.07, 6.45) is 3.97. The summed E-state index contributed by atoms with van der Waals surface area (Å²) in [5, 5.41) is 5.87. The second-order valence-electron chi connectivity index (χ2n) is 7.76. The van der Waals surface area contributed by atoms with Crippen LogP contribution in [0.5, 0.6) is 11.6 Å². The summed E-state index contributed by atoms with van der Waals surface area (Å²) in [7, 11) is 0. The maximum Gasteiger partial charge on any atom is 0.315 e. The number of amides is 2. The molecule has 0 bridgehead atoms. The topological polar surface area (TPSA) is 66.5 Å². The van der Waals surface area contributed by atoms with Crippen molar-refractivity contribution < 1.29 is 13.9 Å². The fourth-order valence-electron chi connectivity index (χ4n) is 3.91. The van der Waals surface area contributed by atoms with Gasteiger partial charge in [0.05, 0.1) is 6.04 Å². The lowest BCUT2D eigenvalue weighted by Gasteiger charge is -2.28. The summed E-state index contributed by atoms with van der Waals surface area (Å²) in [5.74, 6) is 0.298. The molecule has 2 amide bonds. The molecule has 1 atom stereocenters. The lowest BCUT2D eigenvalue weighted by Crippen LogP contribution is -2.41. The molecule has 1 unspecified atom stereocenters. The minimum absolute atomic E-state index is 0.148. The summed E-state index contributed by atoms with van der Waals surface area (Å²) >= 11 is 0. The third kappa shape index (κ3) is 5.82. The van der Waals surface area contributed by atoms with Crippen molar-refractivity contribution in [2.45, 2.75) is 25.4 Å². The number of aromatic nitrogens is 1. The molecule has 0 spiro atoms. The zero-order valence-electron chi connectivity index (χ0n) is 17.8. The first-order valence-corrected chi connectivity index (χ1v) is 10.9. The molecular weight excluding hydrogens is 407 g/mol. The van der Waals surface area contributed by atoms with Crippen LogP contribution in [0.15, 0.2) is 72.9 Å². The Kier molecular flexibility index (Phi) is 7.30. The van der Waals surface area contributed by atoms with E-state index in [0.29, 0.717) is 23.7 Å². The summed E-state index contributed by atoms with van der Waals surface area (Å²) in [6.45, 7) is 2.85. The van der Waals surface area contributed by atoms with Gasteiger partial charge in [-0.3, -0.25) is 4.90 Å². The average Bonchev–Trinajstić information content (AvgIpc) is 3.34. The zero-order chi connectivity index (χ0) is 22.2. The largest absolute Gasteiger partial charge is 0.439 e. The van der Waals surface area contributed by atoms with Gasteiger partial charge in [0, 0.05) is 30.9 Å². The molecule has 2 N–H and O–H groups in total. The molecule has 3 aromatic rings. The van der Waals surface area contributed by atoms with Crippen molar-refractivity contribution in [3.8, 4) is 11.6 Å². The first-order chi connectivity index (χ1) is 15.7. The Morgan fingerprint density at radius 1 is 1.03 bits per heavy atom. The number of ether oxygens (including phenoxy) is 1. The Hall–Kier alpha value is -3.45. The number of benzene rings is 2. The number of carbonyl (C=O) groups excluding carboxylic acids is 1. The number of likely N-dealkylation sites (tertiary alicyclic amines) is 1. The number of halogens is 1. The van der Waals surface area contributed by atoms with E-state index in [1.807, 2.05) is 24.3 Å². The maximum absolute atomic E-state index is 13.4. The molecule has 1 aliphatic heterocycles. The first-order valence-electron chi connectivity index (χ1n) is 10.9. The lowest BCUT2D eigenvalue weighted by molar-refractivity contribution is 0.220. The van der Waals surface area contributed by atoms with E-state index in [9.17, 15) is 9.18 Å². The second kappa shape index (κ2) is 10.7. The quantitative estimate of drug-likeness (QED) is 0.542. The van der Waals surface area contributed by atoms with Crippen LogP contribution >= 0.6 is 0 Å². The van der Waals surface area contributed by atoms with Crippen LogP contribution in [-0.4, -0.2) is 35.5 Å². The molecule has 1 aliphatic rings. The van der Waals surface area contributed by atoms with Crippen molar-refractivity contribution in [1.82, 2.24) is 20.5 Å². The Labute approximate surface area is 187 Å². The van der Waals surface area contributed by atoms with Crippen LogP contribution in [0, 0.1) is 5.82 Å². The molecular formula is C25H27FN4O2. The van der Waals surface area contributed by atoms with Crippen LogP contribution in [0.3, 0.4) is 0 Å². The number of urea groups is 1. The van der Waals surface area contributed by atoms with Crippen molar-refractivity contribution in [3.63, 3.8) is 0 Å². The Bertz CT molecular complexity index is 1030. The number of nitrogens with one attached hydrogen (secondary N) is 2. The molecule has 32 heavy (non-hydrogen) atoms. The Morgan fingerprint density at radius 3 is 2.62 bits per heavy atom. The molecule has 0 radical (unpaired) electrons. The smallest absolute Gasteiger partial charge is 0.315 e. The van der Waals surface area contributed by atoms with E-state index in [4.69, 9.17) is 4.74 Å². The van der Waals surface area contributed by atoms with E-state index in [1.54, 1.807) is 24.4 Å². The van der Waals surface area contributed by atoms with Crippen LogP contribution in [-0.2, 0) is 6.54 Å². The van der Waals surface area contributed by atoms with Gasteiger partial charge in [-0.25, -0.2) is 14.2 Å². The van der Waals surface area contributed by atoms with Crippen LogP contribution in [0.25, 0.3) is 0 Å². The van der Waals surface area contributed by atoms with Crippen molar-refractivity contribution >= 4 is 6.03 Å². The van der Waals surface area contributed by atoms with E-state index in [0.717, 1.165) is 13.1 Å². The van der Waals surface area contributed by atoms with Gasteiger partial charge in [-0.2, -0.15) is 0 Å². The monoisotopic (exact) mass is 434 g/mol. The van der Waals surface area contributed by atoms with Crippen LogP contribution in [0.1, 0.15) is 30.0 Å². The van der Waals surface area contributed by atoms with Gasteiger partial charge >= 0.3 is 6.03 Å². The number of hydrogen-bond acceptors (Lipinski definition) is 4.